The lowest BCUT2D eigenvalue weighted by Crippen LogP contribution is -2.31. The Bertz CT molecular complexity index is 346. The first-order chi connectivity index (χ1) is 8.74. The molecule has 0 aliphatic carbocycles. The van der Waals surface area contributed by atoms with E-state index in [1.807, 2.05) is 6.33 Å². The van der Waals surface area contributed by atoms with Crippen molar-refractivity contribution in [1.82, 2.24) is 14.9 Å². The van der Waals surface area contributed by atoms with E-state index in [9.17, 15) is 0 Å². The summed E-state index contributed by atoms with van der Waals surface area (Å²) in [6.07, 6.45) is 4.10. The normalized spacial score (nSPS) is 20.5. The lowest BCUT2D eigenvalue weighted by molar-refractivity contribution is -0.0936. The summed E-state index contributed by atoms with van der Waals surface area (Å²) in [5.74, 6) is 0.667. The SMILES string of the molecule is CC(C)CNCc1cn(CC2COCCO2)cn1. The van der Waals surface area contributed by atoms with E-state index in [1.165, 1.54) is 0 Å². The zero-order chi connectivity index (χ0) is 12.8. The summed E-state index contributed by atoms with van der Waals surface area (Å²) < 4.78 is 13.1. The van der Waals surface area contributed by atoms with Gasteiger partial charge in [0.25, 0.3) is 0 Å². The van der Waals surface area contributed by atoms with Crippen LogP contribution in [0, 0.1) is 5.92 Å². The van der Waals surface area contributed by atoms with Crippen LogP contribution in [0.1, 0.15) is 19.5 Å². The van der Waals surface area contributed by atoms with Gasteiger partial charge in [0.05, 0.1) is 44.5 Å². The van der Waals surface area contributed by atoms with Gasteiger partial charge in [-0.1, -0.05) is 13.8 Å². The van der Waals surface area contributed by atoms with Gasteiger partial charge in [-0.05, 0) is 12.5 Å². The monoisotopic (exact) mass is 253 g/mol. The third kappa shape index (κ3) is 4.40. The molecule has 0 aromatic carbocycles. The smallest absolute Gasteiger partial charge is 0.0988 e. The van der Waals surface area contributed by atoms with Gasteiger partial charge in [-0.15, -0.1) is 0 Å². The lowest BCUT2D eigenvalue weighted by atomic mass is 10.2. The highest BCUT2D eigenvalue weighted by molar-refractivity contribution is 4.96. The molecule has 102 valence electrons. The van der Waals surface area contributed by atoms with Crippen LogP contribution in [0.3, 0.4) is 0 Å². The highest BCUT2D eigenvalue weighted by atomic mass is 16.6. The van der Waals surface area contributed by atoms with Gasteiger partial charge in [-0.25, -0.2) is 4.98 Å². The van der Waals surface area contributed by atoms with Crippen molar-refractivity contribution in [1.29, 1.82) is 0 Å². The zero-order valence-corrected chi connectivity index (χ0v) is 11.3. The van der Waals surface area contributed by atoms with E-state index in [2.05, 4.69) is 34.9 Å². The molecule has 18 heavy (non-hydrogen) atoms. The standard InChI is InChI=1S/C13H23N3O2/c1-11(2)5-14-6-12-7-16(10-15-12)8-13-9-17-3-4-18-13/h7,10-11,13-14H,3-6,8-9H2,1-2H3. The minimum atomic E-state index is 0.157. The quantitative estimate of drug-likeness (QED) is 0.823. The van der Waals surface area contributed by atoms with Gasteiger partial charge in [0.15, 0.2) is 0 Å². The molecule has 1 aliphatic heterocycles. The van der Waals surface area contributed by atoms with Crippen LogP contribution in [0.25, 0.3) is 0 Å². The van der Waals surface area contributed by atoms with E-state index in [1.54, 1.807) is 0 Å². The molecule has 1 aromatic heterocycles. The molecule has 1 aromatic rings. The molecule has 5 nitrogen and oxygen atoms in total. The second kappa shape index (κ2) is 6.87. The minimum absolute atomic E-state index is 0.157. The van der Waals surface area contributed by atoms with Crippen LogP contribution in [-0.2, 0) is 22.6 Å². The van der Waals surface area contributed by atoms with E-state index in [4.69, 9.17) is 9.47 Å². The molecule has 1 atom stereocenters. The van der Waals surface area contributed by atoms with Gasteiger partial charge in [-0.3, -0.25) is 0 Å². The van der Waals surface area contributed by atoms with Crippen LogP contribution >= 0.6 is 0 Å². The molecule has 0 radical (unpaired) electrons. The van der Waals surface area contributed by atoms with E-state index in [-0.39, 0.29) is 6.10 Å². The predicted molar refractivity (Wildman–Crippen MR) is 69.3 cm³/mol. The van der Waals surface area contributed by atoms with Crippen LogP contribution in [0.2, 0.25) is 0 Å². The van der Waals surface area contributed by atoms with Crippen molar-refractivity contribution in [3.8, 4) is 0 Å². The maximum atomic E-state index is 5.61. The molecular weight excluding hydrogens is 230 g/mol. The molecule has 1 unspecified atom stereocenters. The Labute approximate surface area is 108 Å². The molecular formula is C13H23N3O2. The number of aromatic nitrogens is 2. The summed E-state index contributed by atoms with van der Waals surface area (Å²) >= 11 is 0. The van der Waals surface area contributed by atoms with Crippen molar-refractivity contribution >= 4 is 0 Å². The van der Waals surface area contributed by atoms with E-state index in [0.29, 0.717) is 25.7 Å². The fourth-order valence-electron chi connectivity index (χ4n) is 1.96. The minimum Gasteiger partial charge on any atom is -0.376 e. The van der Waals surface area contributed by atoms with Crippen LogP contribution in [0.4, 0.5) is 0 Å². The third-order valence-electron chi connectivity index (χ3n) is 2.84. The van der Waals surface area contributed by atoms with Crippen molar-refractivity contribution in [2.75, 3.05) is 26.4 Å². The number of rotatable bonds is 6. The molecule has 1 N–H and O–H groups in total. The molecule has 5 heteroatoms. The molecule has 1 aliphatic rings. The Hall–Kier alpha value is -0.910. The van der Waals surface area contributed by atoms with Crippen molar-refractivity contribution in [3.63, 3.8) is 0 Å². The Balaban J connectivity index is 1.74. The largest absolute Gasteiger partial charge is 0.376 e. The number of imidazole rings is 1. The second-order valence-electron chi connectivity index (χ2n) is 5.15. The summed E-state index contributed by atoms with van der Waals surface area (Å²) in [6.45, 7) is 9.15. The van der Waals surface area contributed by atoms with Crippen molar-refractivity contribution in [2.24, 2.45) is 5.92 Å². The van der Waals surface area contributed by atoms with Crippen LogP contribution in [0.5, 0.6) is 0 Å². The highest BCUT2D eigenvalue weighted by Crippen LogP contribution is 2.05. The van der Waals surface area contributed by atoms with Gasteiger partial charge < -0.3 is 19.4 Å². The molecule has 0 spiro atoms. The first-order valence-electron chi connectivity index (χ1n) is 6.64. The average molecular weight is 253 g/mol. The summed E-state index contributed by atoms with van der Waals surface area (Å²) in [6, 6.07) is 0. The van der Waals surface area contributed by atoms with Gasteiger partial charge in [0.2, 0.25) is 0 Å². The molecule has 2 rings (SSSR count). The van der Waals surface area contributed by atoms with Gasteiger partial charge >= 0.3 is 0 Å². The Morgan fingerprint density at radius 2 is 2.39 bits per heavy atom. The second-order valence-corrected chi connectivity index (χ2v) is 5.15. The summed E-state index contributed by atoms with van der Waals surface area (Å²) in [7, 11) is 0. The van der Waals surface area contributed by atoms with Gasteiger partial charge in [-0.2, -0.15) is 0 Å². The van der Waals surface area contributed by atoms with E-state index < -0.39 is 0 Å². The Morgan fingerprint density at radius 1 is 1.50 bits per heavy atom. The molecule has 1 fully saturated rings. The molecule has 0 saturated carbocycles. The Kier molecular flexibility index (Phi) is 5.16. The highest BCUT2D eigenvalue weighted by Gasteiger charge is 2.14. The topological polar surface area (TPSA) is 48.3 Å². The third-order valence-corrected chi connectivity index (χ3v) is 2.84. The zero-order valence-electron chi connectivity index (χ0n) is 11.3. The number of hydrogen-bond acceptors (Lipinski definition) is 4. The van der Waals surface area contributed by atoms with E-state index in [0.717, 1.165) is 25.3 Å². The molecule has 0 amide bonds. The maximum Gasteiger partial charge on any atom is 0.0988 e. The molecule has 0 bridgehead atoms. The van der Waals surface area contributed by atoms with Crippen LogP contribution in [0.15, 0.2) is 12.5 Å². The van der Waals surface area contributed by atoms with Crippen LogP contribution in [-0.4, -0.2) is 42.0 Å². The fourth-order valence-corrected chi connectivity index (χ4v) is 1.96. The summed E-state index contributed by atoms with van der Waals surface area (Å²) in [5, 5.41) is 3.39. The number of nitrogens with one attached hydrogen (secondary N) is 1. The number of ether oxygens (including phenoxy) is 2. The van der Waals surface area contributed by atoms with Crippen molar-refractivity contribution in [3.05, 3.63) is 18.2 Å². The van der Waals surface area contributed by atoms with Crippen molar-refractivity contribution < 1.29 is 9.47 Å². The predicted octanol–water partition coefficient (Wildman–Crippen LogP) is 1.04. The fraction of sp³-hybridized carbons (Fsp3) is 0.769. The summed E-state index contributed by atoms with van der Waals surface area (Å²) in [5.41, 5.74) is 1.08. The number of hydrogen-bond donors (Lipinski definition) is 1. The first-order valence-corrected chi connectivity index (χ1v) is 6.64. The Morgan fingerprint density at radius 3 is 3.11 bits per heavy atom. The van der Waals surface area contributed by atoms with E-state index >= 15 is 0 Å². The number of nitrogens with zero attached hydrogens (tertiary/aromatic N) is 2. The summed E-state index contributed by atoms with van der Waals surface area (Å²) in [4.78, 5) is 4.38. The van der Waals surface area contributed by atoms with Gasteiger partial charge in [0.1, 0.15) is 0 Å². The van der Waals surface area contributed by atoms with Gasteiger partial charge in [0, 0.05) is 12.7 Å². The average Bonchev–Trinajstić information content (AvgIpc) is 2.78. The molecule has 1 saturated heterocycles. The van der Waals surface area contributed by atoms with Crippen molar-refractivity contribution in [2.45, 2.75) is 33.0 Å². The molecule has 2 heterocycles. The first kappa shape index (κ1) is 13.5. The van der Waals surface area contributed by atoms with Crippen LogP contribution < -0.4 is 5.32 Å². The maximum absolute atomic E-state index is 5.61. The lowest BCUT2D eigenvalue weighted by Gasteiger charge is -2.22.